The van der Waals surface area contributed by atoms with E-state index in [0.717, 1.165) is 11.1 Å². The first-order valence-electron chi connectivity index (χ1n) is 9.56. The van der Waals surface area contributed by atoms with E-state index in [1.807, 2.05) is 54.6 Å². The van der Waals surface area contributed by atoms with Gasteiger partial charge in [-0.3, -0.25) is 14.9 Å². The molecule has 0 saturated carbocycles. The van der Waals surface area contributed by atoms with Gasteiger partial charge in [0.05, 0.1) is 4.92 Å². The fourth-order valence-corrected chi connectivity index (χ4v) is 3.18. The number of amides is 1. The lowest BCUT2D eigenvalue weighted by atomic mass is 10.1. The lowest BCUT2D eigenvalue weighted by Gasteiger charge is -2.08. The van der Waals surface area contributed by atoms with Gasteiger partial charge < -0.3 is 10.1 Å². The molecule has 1 N–H and O–H groups in total. The Kier molecular flexibility index (Phi) is 6.14. The van der Waals surface area contributed by atoms with Crippen molar-refractivity contribution in [3.63, 3.8) is 0 Å². The molecule has 0 saturated heterocycles. The molecule has 0 aliphatic heterocycles. The predicted molar refractivity (Wildman–Crippen MR) is 121 cm³/mol. The monoisotopic (exact) mass is 448 g/mol. The molecule has 0 fully saturated rings. The molecule has 0 aliphatic carbocycles. The van der Waals surface area contributed by atoms with Crippen LogP contribution in [0.5, 0.6) is 5.75 Å². The number of nitrogens with one attached hydrogen (secondary N) is 1. The van der Waals surface area contributed by atoms with Gasteiger partial charge in [0.25, 0.3) is 11.6 Å². The van der Waals surface area contributed by atoms with Gasteiger partial charge in [-0.1, -0.05) is 54.1 Å². The zero-order valence-electron chi connectivity index (χ0n) is 16.6. The van der Waals surface area contributed by atoms with Crippen LogP contribution < -0.4 is 10.1 Å². The largest absolute Gasteiger partial charge is 0.471 e. The number of hydrogen-bond donors (Lipinski definition) is 1. The number of halogens is 1. The number of hydrogen-bond acceptors (Lipinski definition) is 5. The summed E-state index contributed by atoms with van der Waals surface area (Å²) in [5.41, 5.74) is 2.02. The maximum absolute atomic E-state index is 12.5. The molecule has 8 nitrogen and oxygen atoms in total. The van der Waals surface area contributed by atoms with E-state index in [-0.39, 0.29) is 28.8 Å². The lowest BCUT2D eigenvalue weighted by Crippen LogP contribution is -2.15. The molecule has 4 rings (SSSR count). The summed E-state index contributed by atoms with van der Waals surface area (Å²) in [7, 11) is 0. The van der Waals surface area contributed by atoms with Gasteiger partial charge in [-0.05, 0) is 41.5 Å². The maximum atomic E-state index is 12.5. The Morgan fingerprint density at radius 1 is 1.03 bits per heavy atom. The molecule has 0 atom stereocenters. The highest BCUT2D eigenvalue weighted by Crippen LogP contribution is 2.28. The van der Waals surface area contributed by atoms with Gasteiger partial charge in [0.1, 0.15) is 11.4 Å². The molecule has 1 heterocycles. The number of carbonyl (C=O) groups is 1. The van der Waals surface area contributed by atoms with E-state index in [0.29, 0.717) is 5.75 Å². The Morgan fingerprint density at radius 2 is 1.75 bits per heavy atom. The summed E-state index contributed by atoms with van der Waals surface area (Å²) in [4.78, 5) is 23.0. The molecule has 0 spiro atoms. The third-order valence-electron chi connectivity index (χ3n) is 4.60. The maximum Gasteiger partial charge on any atom is 0.294 e. The molecule has 1 amide bonds. The van der Waals surface area contributed by atoms with Gasteiger partial charge in [-0.25, -0.2) is 4.68 Å². The number of aromatic nitrogens is 2. The van der Waals surface area contributed by atoms with Crippen LogP contribution >= 0.6 is 11.6 Å². The molecule has 0 aliphatic rings. The van der Waals surface area contributed by atoms with Crippen molar-refractivity contribution in [3.8, 4) is 16.9 Å². The Hall–Kier alpha value is -4.17. The van der Waals surface area contributed by atoms with E-state index in [1.54, 1.807) is 6.20 Å². The summed E-state index contributed by atoms with van der Waals surface area (Å²) >= 11 is 5.80. The van der Waals surface area contributed by atoms with Crippen molar-refractivity contribution in [1.82, 2.24) is 9.78 Å². The smallest absolute Gasteiger partial charge is 0.294 e. The number of anilines is 1. The standard InChI is InChI=1S/C23H17ClN4O4/c24-18-8-11-20(22(14-18)28(30)31)25-23(29)21-12-13-27(26-21)15-32-19-9-6-17(7-10-19)16-4-2-1-3-5-16/h1-14H,15H2,(H,25,29). The van der Waals surface area contributed by atoms with Crippen molar-refractivity contribution in [3.05, 3.63) is 106 Å². The molecule has 1 aromatic heterocycles. The first kappa shape index (κ1) is 21.1. The first-order chi connectivity index (χ1) is 15.5. The van der Waals surface area contributed by atoms with Crippen molar-refractivity contribution < 1.29 is 14.5 Å². The highest BCUT2D eigenvalue weighted by atomic mass is 35.5. The zero-order valence-corrected chi connectivity index (χ0v) is 17.4. The van der Waals surface area contributed by atoms with Crippen LogP contribution in [-0.2, 0) is 6.73 Å². The summed E-state index contributed by atoms with van der Waals surface area (Å²) < 4.78 is 7.18. The fourth-order valence-electron chi connectivity index (χ4n) is 3.02. The van der Waals surface area contributed by atoms with Gasteiger partial charge in [0, 0.05) is 17.3 Å². The molecule has 32 heavy (non-hydrogen) atoms. The van der Waals surface area contributed by atoms with E-state index in [9.17, 15) is 14.9 Å². The molecule has 9 heteroatoms. The summed E-state index contributed by atoms with van der Waals surface area (Å²) in [5.74, 6) is 0.0735. The second-order valence-corrected chi connectivity index (χ2v) is 7.21. The molecule has 0 radical (unpaired) electrons. The summed E-state index contributed by atoms with van der Waals surface area (Å²) in [6.45, 7) is 0.0963. The van der Waals surface area contributed by atoms with Crippen LogP contribution in [0.3, 0.4) is 0 Å². The van der Waals surface area contributed by atoms with Gasteiger partial charge in [0.15, 0.2) is 12.4 Å². The van der Waals surface area contributed by atoms with Gasteiger partial charge >= 0.3 is 0 Å². The van der Waals surface area contributed by atoms with Crippen molar-refractivity contribution >= 4 is 28.9 Å². The minimum Gasteiger partial charge on any atom is -0.471 e. The zero-order chi connectivity index (χ0) is 22.5. The van der Waals surface area contributed by atoms with E-state index >= 15 is 0 Å². The Balaban J connectivity index is 1.38. The third kappa shape index (κ3) is 4.93. The molecule has 0 unspecified atom stereocenters. The molecular weight excluding hydrogens is 432 g/mol. The van der Waals surface area contributed by atoms with Gasteiger partial charge in [-0.2, -0.15) is 5.10 Å². The van der Waals surface area contributed by atoms with Gasteiger partial charge in [-0.15, -0.1) is 0 Å². The summed E-state index contributed by atoms with van der Waals surface area (Å²) in [6, 6.07) is 23.1. The normalized spacial score (nSPS) is 10.5. The molecule has 4 aromatic rings. The molecular formula is C23H17ClN4O4. The number of rotatable bonds is 7. The van der Waals surface area contributed by atoms with Crippen LogP contribution in [0, 0.1) is 10.1 Å². The molecule has 3 aromatic carbocycles. The number of benzene rings is 3. The second-order valence-electron chi connectivity index (χ2n) is 6.78. The van der Waals surface area contributed by atoms with Crippen LogP contribution in [0.1, 0.15) is 10.5 Å². The van der Waals surface area contributed by atoms with Crippen LogP contribution in [0.15, 0.2) is 85.1 Å². The fraction of sp³-hybridized carbons (Fsp3) is 0.0435. The van der Waals surface area contributed by atoms with Crippen molar-refractivity contribution in [2.24, 2.45) is 0 Å². The Labute approximate surface area is 188 Å². The predicted octanol–water partition coefficient (Wildman–Crippen LogP) is 5.40. The third-order valence-corrected chi connectivity index (χ3v) is 4.84. The van der Waals surface area contributed by atoms with E-state index < -0.39 is 10.8 Å². The number of nitro benzene ring substituents is 1. The Morgan fingerprint density at radius 3 is 2.47 bits per heavy atom. The van der Waals surface area contributed by atoms with Crippen LogP contribution in [0.2, 0.25) is 5.02 Å². The van der Waals surface area contributed by atoms with E-state index in [2.05, 4.69) is 10.4 Å². The Bertz CT molecular complexity index is 1260. The molecule has 0 bridgehead atoms. The van der Waals surface area contributed by atoms with Crippen LogP contribution in [0.25, 0.3) is 11.1 Å². The number of nitrogens with zero attached hydrogens (tertiary/aromatic N) is 3. The van der Waals surface area contributed by atoms with Crippen molar-refractivity contribution in [2.45, 2.75) is 6.73 Å². The highest BCUT2D eigenvalue weighted by molar-refractivity contribution is 6.31. The van der Waals surface area contributed by atoms with Crippen molar-refractivity contribution in [1.29, 1.82) is 0 Å². The first-order valence-corrected chi connectivity index (χ1v) is 9.94. The second kappa shape index (κ2) is 9.32. The average Bonchev–Trinajstić information content (AvgIpc) is 3.29. The highest BCUT2D eigenvalue weighted by Gasteiger charge is 2.18. The number of ether oxygens (including phenoxy) is 1. The summed E-state index contributed by atoms with van der Waals surface area (Å²) in [5, 5.41) is 18.0. The van der Waals surface area contributed by atoms with E-state index in [1.165, 1.54) is 28.9 Å². The topological polar surface area (TPSA) is 99.3 Å². The minimum atomic E-state index is -0.614. The van der Waals surface area contributed by atoms with E-state index in [4.69, 9.17) is 16.3 Å². The molecule has 160 valence electrons. The number of carbonyl (C=O) groups excluding carboxylic acids is 1. The quantitative estimate of drug-likeness (QED) is 0.301. The van der Waals surface area contributed by atoms with Crippen LogP contribution in [0.4, 0.5) is 11.4 Å². The summed E-state index contributed by atoms with van der Waals surface area (Å²) in [6.07, 6.45) is 1.59. The lowest BCUT2D eigenvalue weighted by molar-refractivity contribution is -0.383. The minimum absolute atomic E-state index is 0.0358. The van der Waals surface area contributed by atoms with Crippen LogP contribution in [-0.4, -0.2) is 20.6 Å². The SMILES string of the molecule is O=C(Nc1ccc(Cl)cc1[N+](=O)[O-])c1ccn(COc2ccc(-c3ccccc3)cc2)n1. The van der Waals surface area contributed by atoms with Gasteiger partial charge in [0.2, 0.25) is 0 Å². The number of nitro groups is 1. The van der Waals surface area contributed by atoms with Crippen molar-refractivity contribution in [2.75, 3.05) is 5.32 Å². The average molecular weight is 449 g/mol.